The minimum atomic E-state index is -0.327. The summed E-state index contributed by atoms with van der Waals surface area (Å²) in [6.07, 6.45) is 0. The van der Waals surface area contributed by atoms with E-state index in [0.717, 1.165) is 0 Å². The van der Waals surface area contributed by atoms with Crippen LogP contribution in [0.25, 0.3) is 11.1 Å². The van der Waals surface area contributed by atoms with Gasteiger partial charge in [0.25, 0.3) is 0 Å². The fourth-order valence-corrected chi connectivity index (χ4v) is 1.90. The average Bonchev–Trinajstić information content (AvgIpc) is 2.81. The van der Waals surface area contributed by atoms with Crippen LogP contribution in [-0.2, 0) is 0 Å². The molecule has 1 aromatic heterocycles. The quantitative estimate of drug-likeness (QED) is 0.715. The Hall–Kier alpha value is -2.56. The van der Waals surface area contributed by atoms with Crippen molar-refractivity contribution in [1.82, 2.24) is 4.98 Å². The summed E-state index contributed by atoms with van der Waals surface area (Å²) in [5.74, 6) is -0.327. The summed E-state index contributed by atoms with van der Waals surface area (Å²) in [5, 5.41) is 0. The summed E-state index contributed by atoms with van der Waals surface area (Å²) < 4.78 is 19.3. The standard InChI is InChI=1S/C14H12FN3O/c1-18(12-5-3-2-4-10(12)15)14-17-11-7-6-9(16)8-13(11)19-14/h2-8H,16H2,1H3. The molecule has 0 saturated carbocycles. The van der Waals surface area contributed by atoms with Crippen molar-refractivity contribution in [3.63, 3.8) is 0 Å². The molecule has 0 aliphatic rings. The van der Waals surface area contributed by atoms with Crippen molar-refractivity contribution in [2.75, 3.05) is 17.7 Å². The number of hydrogen-bond donors (Lipinski definition) is 1. The minimum absolute atomic E-state index is 0.325. The second-order valence-electron chi connectivity index (χ2n) is 4.23. The van der Waals surface area contributed by atoms with E-state index < -0.39 is 0 Å². The van der Waals surface area contributed by atoms with E-state index in [1.54, 1.807) is 48.3 Å². The molecule has 2 N–H and O–H groups in total. The largest absolute Gasteiger partial charge is 0.423 e. The Morgan fingerprint density at radius 1 is 1.21 bits per heavy atom. The number of anilines is 3. The van der Waals surface area contributed by atoms with Crippen molar-refractivity contribution in [2.24, 2.45) is 0 Å². The highest BCUT2D eigenvalue weighted by molar-refractivity contribution is 5.79. The van der Waals surface area contributed by atoms with Gasteiger partial charge in [-0.1, -0.05) is 12.1 Å². The zero-order chi connectivity index (χ0) is 13.4. The summed E-state index contributed by atoms with van der Waals surface area (Å²) >= 11 is 0. The van der Waals surface area contributed by atoms with E-state index >= 15 is 0 Å². The predicted octanol–water partition coefficient (Wildman–Crippen LogP) is 3.32. The van der Waals surface area contributed by atoms with E-state index in [-0.39, 0.29) is 5.82 Å². The van der Waals surface area contributed by atoms with Crippen LogP contribution >= 0.6 is 0 Å². The van der Waals surface area contributed by atoms with E-state index in [0.29, 0.717) is 28.5 Å². The first-order valence-corrected chi connectivity index (χ1v) is 5.79. The van der Waals surface area contributed by atoms with Crippen LogP contribution in [0.2, 0.25) is 0 Å². The van der Waals surface area contributed by atoms with Crippen molar-refractivity contribution in [2.45, 2.75) is 0 Å². The van der Waals surface area contributed by atoms with Gasteiger partial charge in [-0.05, 0) is 24.3 Å². The van der Waals surface area contributed by atoms with Crippen LogP contribution in [0.1, 0.15) is 0 Å². The van der Waals surface area contributed by atoms with Gasteiger partial charge in [-0.25, -0.2) is 4.39 Å². The van der Waals surface area contributed by atoms with Gasteiger partial charge in [0.05, 0.1) is 5.69 Å². The van der Waals surface area contributed by atoms with Crippen molar-refractivity contribution in [3.8, 4) is 0 Å². The maximum atomic E-state index is 13.7. The number of nitrogen functional groups attached to an aromatic ring is 1. The molecular formula is C14H12FN3O. The van der Waals surface area contributed by atoms with Gasteiger partial charge >= 0.3 is 6.01 Å². The first kappa shape index (κ1) is 11.5. The molecule has 5 heteroatoms. The number of fused-ring (bicyclic) bond motifs is 1. The molecule has 96 valence electrons. The van der Waals surface area contributed by atoms with Gasteiger partial charge in [-0.3, -0.25) is 4.90 Å². The van der Waals surface area contributed by atoms with Crippen LogP contribution in [0.15, 0.2) is 46.9 Å². The Morgan fingerprint density at radius 2 is 2.00 bits per heavy atom. The van der Waals surface area contributed by atoms with Gasteiger partial charge in [0.2, 0.25) is 0 Å². The fraction of sp³-hybridized carbons (Fsp3) is 0.0714. The molecule has 0 amide bonds. The van der Waals surface area contributed by atoms with Gasteiger partial charge < -0.3 is 10.2 Å². The molecule has 19 heavy (non-hydrogen) atoms. The minimum Gasteiger partial charge on any atom is -0.423 e. The van der Waals surface area contributed by atoms with E-state index in [1.165, 1.54) is 6.07 Å². The number of rotatable bonds is 2. The molecule has 2 aromatic carbocycles. The lowest BCUT2D eigenvalue weighted by molar-refractivity contribution is 0.590. The number of oxazole rings is 1. The summed E-state index contributed by atoms with van der Waals surface area (Å²) in [7, 11) is 1.70. The van der Waals surface area contributed by atoms with Gasteiger partial charge in [0, 0.05) is 18.8 Å². The first-order chi connectivity index (χ1) is 9.15. The summed E-state index contributed by atoms with van der Waals surface area (Å²) in [6.45, 7) is 0. The van der Waals surface area contributed by atoms with E-state index in [1.807, 2.05) is 0 Å². The monoisotopic (exact) mass is 257 g/mol. The molecule has 3 aromatic rings. The Labute approximate surface area is 109 Å². The Balaban J connectivity index is 2.07. The Bertz CT molecular complexity index is 738. The van der Waals surface area contributed by atoms with Crippen molar-refractivity contribution in [1.29, 1.82) is 0 Å². The Morgan fingerprint density at radius 3 is 2.79 bits per heavy atom. The van der Waals surface area contributed by atoms with Crippen LogP contribution in [0.4, 0.5) is 21.8 Å². The molecular weight excluding hydrogens is 245 g/mol. The van der Waals surface area contributed by atoms with Crippen LogP contribution < -0.4 is 10.6 Å². The van der Waals surface area contributed by atoms with Crippen molar-refractivity contribution < 1.29 is 8.81 Å². The third-order valence-electron chi connectivity index (χ3n) is 2.90. The molecule has 0 radical (unpaired) electrons. The molecule has 3 rings (SSSR count). The highest BCUT2D eigenvalue weighted by Crippen LogP contribution is 2.29. The maximum Gasteiger partial charge on any atom is 0.302 e. The van der Waals surface area contributed by atoms with Crippen LogP contribution in [0.3, 0.4) is 0 Å². The molecule has 0 bridgehead atoms. The topological polar surface area (TPSA) is 55.3 Å². The van der Waals surface area contributed by atoms with E-state index in [2.05, 4.69) is 4.98 Å². The number of para-hydroxylation sites is 1. The highest BCUT2D eigenvalue weighted by atomic mass is 19.1. The van der Waals surface area contributed by atoms with Crippen LogP contribution in [-0.4, -0.2) is 12.0 Å². The lowest BCUT2D eigenvalue weighted by Crippen LogP contribution is -2.11. The highest BCUT2D eigenvalue weighted by Gasteiger charge is 2.14. The number of benzene rings is 2. The molecule has 1 heterocycles. The zero-order valence-corrected chi connectivity index (χ0v) is 10.3. The van der Waals surface area contributed by atoms with Gasteiger partial charge in [0.1, 0.15) is 11.3 Å². The maximum absolute atomic E-state index is 13.7. The predicted molar refractivity (Wildman–Crippen MR) is 72.9 cm³/mol. The molecule has 0 unspecified atom stereocenters. The molecule has 0 fully saturated rings. The molecule has 0 atom stereocenters. The third kappa shape index (κ3) is 1.99. The smallest absolute Gasteiger partial charge is 0.302 e. The number of nitrogens with zero attached hydrogens (tertiary/aromatic N) is 2. The zero-order valence-electron chi connectivity index (χ0n) is 10.3. The van der Waals surface area contributed by atoms with Crippen LogP contribution in [0, 0.1) is 5.82 Å². The van der Waals surface area contributed by atoms with Crippen LogP contribution in [0.5, 0.6) is 0 Å². The SMILES string of the molecule is CN(c1nc2ccc(N)cc2o1)c1ccccc1F. The van der Waals surface area contributed by atoms with Crippen molar-refractivity contribution >= 4 is 28.5 Å². The third-order valence-corrected chi connectivity index (χ3v) is 2.90. The molecule has 0 spiro atoms. The normalized spacial score (nSPS) is 10.8. The molecule has 0 aliphatic heterocycles. The van der Waals surface area contributed by atoms with E-state index in [9.17, 15) is 4.39 Å². The molecule has 4 nitrogen and oxygen atoms in total. The number of halogens is 1. The molecule has 0 aliphatic carbocycles. The Kier molecular flexibility index (Phi) is 2.59. The average molecular weight is 257 g/mol. The van der Waals surface area contributed by atoms with Gasteiger partial charge in [0.15, 0.2) is 5.58 Å². The van der Waals surface area contributed by atoms with Crippen molar-refractivity contribution in [3.05, 3.63) is 48.3 Å². The number of hydrogen-bond acceptors (Lipinski definition) is 4. The lowest BCUT2D eigenvalue weighted by atomic mass is 10.3. The van der Waals surface area contributed by atoms with E-state index in [4.69, 9.17) is 10.2 Å². The number of nitrogens with two attached hydrogens (primary N) is 1. The second kappa shape index (κ2) is 4.28. The molecule has 0 saturated heterocycles. The summed E-state index contributed by atoms with van der Waals surface area (Å²) in [5.41, 5.74) is 7.96. The van der Waals surface area contributed by atoms with Gasteiger partial charge in [-0.2, -0.15) is 4.98 Å². The summed E-state index contributed by atoms with van der Waals surface area (Å²) in [6, 6.07) is 12.0. The number of aromatic nitrogens is 1. The fourth-order valence-electron chi connectivity index (χ4n) is 1.90. The second-order valence-corrected chi connectivity index (χ2v) is 4.23. The van der Waals surface area contributed by atoms with Gasteiger partial charge in [-0.15, -0.1) is 0 Å². The lowest BCUT2D eigenvalue weighted by Gasteiger charge is -2.14. The summed E-state index contributed by atoms with van der Waals surface area (Å²) in [4.78, 5) is 5.87. The first-order valence-electron chi connectivity index (χ1n) is 5.79.